The van der Waals surface area contributed by atoms with Crippen molar-refractivity contribution in [3.05, 3.63) is 68.7 Å². The summed E-state index contributed by atoms with van der Waals surface area (Å²) in [5.74, 6) is 0.0418. The Bertz CT molecular complexity index is 1380. The number of nitrogens with zero attached hydrogens (tertiary/aromatic N) is 3. The van der Waals surface area contributed by atoms with Crippen molar-refractivity contribution in [2.75, 3.05) is 4.47 Å². The molecule has 3 atom stereocenters. The van der Waals surface area contributed by atoms with Gasteiger partial charge in [0.1, 0.15) is 17.7 Å². The summed E-state index contributed by atoms with van der Waals surface area (Å²) in [6.45, 7) is 0.498. The van der Waals surface area contributed by atoms with Gasteiger partial charge in [-0.3, -0.25) is 9.69 Å². The van der Waals surface area contributed by atoms with Gasteiger partial charge in [0.25, 0.3) is 10.0 Å². The van der Waals surface area contributed by atoms with Gasteiger partial charge in [0.05, 0.1) is 15.4 Å². The van der Waals surface area contributed by atoms with Crippen LogP contribution in [0.5, 0.6) is 5.75 Å². The molecule has 0 N–H and O–H groups in total. The van der Waals surface area contributed by atoms with Crippen LogP contribution in [0.25, 0.3) is 0 Å². The van der Waals surface area contributed by atoms with Crippen LogP contribution in [0, 0.1) is 5.82 Å². The van der Waals surface area contributed by atoms with Crippen molar-refractivity contribution >= 4 is 56.9 Å². The number of ether oxygens (including phenoxy) is 1. The molecule has 2 aliphatic rings. The van der Waals surface area contributed by atoms with E-state index < -0.39 is 10.0 Å². The minimum absolute atomic E-state index is 0.0113. The molecular weight excluding hydrogens is 564 g/mol. The number of halogens is 3. The summed E-state index contributed by atoms with van der Waals surface area (Å²) in [5.41, 5.74) is 1.99. The predicted octanol–water partition coefficient (Wildman–Crippen LogP) is 5.45. The number of carbonyl (C=O) groups excluding carboxylic acids is 1. The Labute approximate surface area is 227 Å². The van der Waals surface area contributed by atoms with Gasteiger partial charge in [-0.25, -0.2) is 9.37 Å². The Morgan fingerprint density at radius 2 is 1.92 bits per heavy atom. The predicted molar refractivity (Wildman–Crippen MR) is 138 cm³/mol. The fraction of sp³-hybridized carbons (Fsp3) is 0.333. The van der Waals surface area contributed by atoms with Gasteiger partial charge in [-0.2, -0.15) is 8.42 Å². The summed E-state index contributed by atoms with van der Waals surface area (Å²) in [7, 11) is -4.27. The highest BCUT2D eigenvalue weighted by Gasteiger charge is 2.42. The molecule has 3 aromatic rings. The number of hydrogen-bond acceptors (Lipinski definition) is 8. The van der Waals surface area contributed by atoms with Crippen molar-refractivity contribution in [2.45, 2.75) is 55.3 Å². The molecule has 0 saturated carbocycles. The smallest absolute Gasteiger partial charge is 0.322 e. The third-order valence-electron chi connectivity index (χ3n) is 6.66. The maximum Gasteiger partial charge on any atom is 0.322 e. The Kier molecular flexibility index (Phi) is 7.60. The zero-order valence-electron chi connectivity index (χ0n) is 19.3. The van der Waals surface area contributed by atoms with Crippen LogP contribution in [-0.4, -0.2) is 43.0 Å². The Balaban J connectivity index is 1.28. The van der Waals surface area contributed by atoms with E-state index in [2.05, 4.69) is 9.88 Å². The number of fused-ring (bicyclic) bond motifs is 2. The quantitative estimate of drug-likeness (QED) is 0.244. The molecule has 2 fully saturated rings. The fourth-order valence-electron chi connectivity index (χ4n) is 5.02. The number of rotatable bonds is 9. The summed E-state index contributed by atoms with van der Waals surface area (Å²) >= 11 is 13.6. The van der Waals surface area contributed by atoms with E-state index in [-0.39, 0.29) is 46.2 Å². The summed E-state index contributed by atoms with van der Waals surface area (Å²) in [6.07, 6.45) is 3.32. The van der Waals surface area contributed by atoms with Gasteiger partial charge in [-0.15, -0.1) is 11.3 Å². The highest BCUT2D eigenvalue weighted by molar-refractivity contribution is 7.92. The SMILES string of the molecule is O=CON(c1cscn1)S(=O)(=O)c1ccc(OC2C[C@H]3CC[C@@H](C2)N3Cc2cc(Cl)ccc2F)c(Cl)c1. The molecule has 5 rings (SSSR count). The first kappa shape index (κ1) is 26.2. The minimum atomic E-state index is -4.27. The molecule has 2 bridgehead atoms. The third-order valence-corrected chi connectivity index (χ3v) is 9.32. The van der Waals surface area contributed by atoms with Gasteiger partial charge in [-0.1, -0.05) is 27.7 Å². The van der Waals surface area contributed by atoms with Gasteiger partial charge in [0.15, 0.2) is 5.82 Å². The van der Waals surface area contributed by atoms with Crippen molar-refractivity contribution in [1.82, 2.24) is 9.88 Å². The Morgan fingerprint density at radius 1 is 1.16 bits per heavy atom. The second-order valence-electron chi connectivity index (χ2n) is 8.88. The van der Waals surface area contributed by atoms with Crippen molar-refractivity contribution < 1.29 is 27.2 Å². The monoisotopic (exact) mass is 585 g/mol. The van der Waals surface area contributed by atoms with Crippen LogP contribution in [0.4, 0.5) is 10.2 Å². The summed E-state index contributed by atoms with van der Waals surface area (Å²) in [5, 5.41) is 2.05. The van der Waals surface area contributed by atoms with Gasteiger partial charge >= 0.3 is 6.47 Å². The molecule has 0 amide bonds. The maximum absolute atomic E-state index is 14.3. The zero-order valence-corrected chi connectivity index (χ0v) is 22.4. The Hall–Kier alpha value is -2.44. The summed E-state index contributed by atoms with van der Waals surface area (Å²) < 4.78 is 47.1. The summed E-state index contributed by atoms with van der Waals surface area (Å²) in [6, 6.07) is 9.15. The lowest BCUT2D eigenvalue weighted by Crippen LogP contribution is -2.45. The highest BCUT2D eigenvalue weighted by atomic mass is 35.5. The van der Waals surface area contributed by atoms with Crippen LogP contribution >= 0.6 is 34.5 Å². The number of benzene rings is 2. The lowest BCUT2D eigenvalue weighted by Gasteiger charge is -2.39. The molecule has 196 valence electrons. The minimum Gasteiger partial charge on any atom is -0.489 e. The van der Waals surface area contributed by atoms with Gasteiger partial charge in [-0.05, 0) is 62.1 Å². The van der Waals surface area contributed by atoms with Crippen LogP contribution in [-0.2, 0) is 26.2 Å². The zero-order chi connectivity index (χ0) is 26.2. The molecule has 0 spiro atoms. The standard InChI is InChI=1S/C24H22Cl2FN3O5S2/c25-16-1-5-22(27)15(7-16)11-29-17-2-3-18(29)9-19(8-17)35-23-6-4-20(10-21(23)26)37(32,33)30(34-14-31)24-12-36-13-28-24/h1,4-7,10,12-14,17-19H,2-3,8-9,11H2/t17-,18+,19?. The van der Waals surface area contributed by atoms with E-state index >= 15 is 0 Å². The van der Waals surface area contributed by atoms with Crippen molar-refractivity contribution in [3.8, 4) is 5.75 Å². The second kappa shape index (κ2) is 10.7. The molecule has 2 aromatic carbocycles. The van der Waals surface area contributed by atoms with Crippen LogP contribution in [0.1, 0.15) is 31.2 Å². The summed E-state index contributed by atoms with van der Waals surface area (Å²) in [4.78, 5) is 21.6. The Morgan fingerprint density at radius 3 is 2.57 bits per heavy atom. The lowest BCUT2D eigenvalue weighted by atomic mass is 9.98. The molecular formula is C24H22Cl2FN3O5S2. The number of aromatic nitrogens is 1. The lowest BCUT2D eigenvalue weighted by molar-refractivity contribution is -0.128. The molecule has 2 saturated heterocycles. The average molecular weight is 586 g/mol. The topological polar surface area (TPSA) is 89.0 Å². The molecule has 0 aliphatic carbocycles. The third kappa shape index (κ3) is 5.42. The average Bonchev–Trinajstić information content (AvgIpc) is 3.47. The van der Waals surface area contributed by atoms with Crippen LogP contribution in [0.2, 0.25) is 10.0 Å². The van der Waals surface area contributed by atoms with Crippen molar-refractivity contribution in [2.24, 2.45) is 0 Å². The molecule has 8 nitrogen and oxygen atoms in total. The first-order valence-corrected chi connectivity index (χ1v) is 14.6. The van der Waals surface area contributed by atoms with E-state index in [1.807, 2.05) is 0 Å². The largest absolute Gasteiger partial charge is 0.489 e. The molecule has 37 heavy (non-hydrogen) atoms. The van der Waals surface area contributed by atoms with Gasteiger partial charge < -0.3 is 9.57 Å². The number of thiazole rings is 1. The molecule has 1 aromatic heterocycles. The molecule has 13 heteroatoms. The molecule has 2 aliphatic heterocycles. The molecule has 3 heterocycles. The van der Waals surface area contributed by atoms with Crippen LogP contribution in [0.3, 0.4) is 0 Å². The molecule has 0 radical (unpaired) electrons. The second-order valence-corrected chi connectivity index (χ2v) is 12.2. The van der Waals surface area contributed by atoms with E-state index in [9.17, 15) is 17.6 Å². The van der Waals surface area contributed by atoms with Gasteiger partial charge in [0, 0.05) is 34.6 Å². The van der Waals surface area contributed by atoms with Crippen molar-refractivity contribution in [1.29, 1.82) is 0 Å². The van der Waals surface area contributed by atoms with E-state index in [1.54, 1.807) is 12.1 Å². The fourth-order valence-corrected chi connectivity index (χ4v) is 7.27. The van der Waals surface area contributed by atoms with E-state index in [0.29, 0.717) is 27.3 Å². The first-order chi connectivity index (χ1) is 17.8. The number of sulfonamides is 1. The van der Waals surface area contributed by atoms with Gasteiger partial charge in [0.2, 0.25) is 0 Å². The van der Waals surface area contributed by atoms with Crippen molar-refractivity contribution in [3.63, 3.8) is 0 Å². The van der Waals surface area contributed by atoms with E-state index in [1.165, 1.54) is 35.2 Å². The van der Waals surface area contributed by atoms with E-state index in [0.717, 1.165) is 37.0 Å². The number of anilines is 1. The van der Waals surface area contributed by atoms with Crippen LogP contribution < -0.4 is 9.21 Å². The number of piperidine rings is 1. The number of hydrogen-bond donors (Lipinski definition) is 0. The number of carbonyl (C=O) groups is 1. The maximum atomic E-state index is 14.3. The first-order valence-electron chi connectivity index (χ1n) is 11.5. The molecule has 1 unspecified atom stereocenters. The highest BCUT2D eigenvalue weighted by Crippen LogP contribution is 2.40. The van der Waals surface area contributed by atoms with E-state index in [4.69, 9.17) is 32.8 Å². The normalized spacial score (nSPS) is 21.5. The van der Waals surface area contributed by atoms with Crippen LogP contribution in [0.15, 0.2) is 52.2 Å².